The van der Waals surface area contributed by atoms with Crippen LogP contribution in [0.15, 0.2) is 54.6 Å². The Morgan fingerprint density at radius 3 is 2.26 bits per heavy atom. The van der Waals surface area contributed by atoms with Gasteiger partial charge in [0.05, 0.1) is 11.7 Å². The van der Waals surface area contributed by atoms with Gasteiger partial charge in [0.1, 0.15) is 6.10 Å². The van der Waals surface area contributed by atoms with E-state index < -0.39 is 14.3 Å². The van der Waals surface area contributed by atoms with Crippen LogP contribution < -0.4 is 0 Å². The van der Waals surface area contributed by atoms with E-state index in [1.54, 1.807) is 0 Å². The SMILES string of the molecule is CCCCCC(CC[C@H]1C(OC2CCCCO2)C[C@H](OC(=O)c2ccc(-c3ccccc3)cc2)[C@]1(C)CCCCCCC(=O)O)O[Si](C)(C)C(C)(C)C. The van der Waals surface area contributed by atoms with E-state index in [9.17, 15) is 14.7 Å². The number of carboxylic acids is 1. The van der Waals surface area contributed by atoms with Crippen molar-refractivity contribution in [2.75, 3.05) is 6.61 Å². The van der Waals surface area contributed by atoms with Crippen LogP contribution in [0.1, 0.15) is 148 Å². The number of rotatable bonds is 21. The van der Waals surface area contributed by atoms with Crippen LogP contribution in [0.4, 0.5) is 0 Å². The van der Waals surface area contributed by atoms with Crippen LogP contribution in [0.2, 0.25) is 18.1 Å². The number of hydrogen-bond donors (Lipinski definition) is 1. The van der Waals surface area contributed by atoms with Crippen molar-refractivity contribution < 1.29 is 33.3 Å². The molecule has 6 atom stereocenters. The van der Waals surface area contributed by atoms with Crippen LogP contribution in [-0.2, 0) is 23.4 Å². The molecule has 2 fully saturated rings. The summed E-state index contributed by atoms with van der Waals surface area (Å²) in [5, 5.41) is 9.30. The lowest BCUT2D eigenvalue weighted by Gasteiger charge is -2.41. The summed E-state index contributed by atoms with van der Waals surface area (Å²) >= 11 is 0. The molecule has 8 heteroatoms. The van der Waals surface area contributed by atoms with Crippen molar-refractivity contribution in [3.05, 3.63) is 60.2 Å². The molecule has 2 aromatic carbocycles. The minimum atomic E-state index is -2.00. The number of carboxylic acid groups (broad SMARTS) is 1. The van der Waals surface area contributed by atoms with Gasteiger partial charge in [-0.1, -0.05) is 116 Å². The number of unbranched alkanes of at least 4 members (excludes halogenated alkanes) is 5. The molecule has 1 aliphatic heterocycles. The maximum absolute atomic E-state index is 13.9. The van der Waals surface area contributed by atoms with Crippen LogP contribution in [0.3, 0.4) is 0 Å². The third kappa shape index (κ3) is 12.8. The van der Waals surface area contributed by atoms with Gasteiger partial charge in [-0.2, -0.15) is 0 Å². The normalized spacial score (nSPS) is 24.2. The first-order valence-corrected chi connectivity index (χ1v) is 23.7. The molecule has 0 bridgehead atoms. The molecule has 0 radical (unpaired) electrons. The second kappa shape index (κ2) is 20.4. The van der Waals surface area contributed by atoms with Gasteiger partial charge in [-0.3, -0.25) is 4.79 Å². The Balaban J connectivity index is 1.59. The van der Waals surface area contributed by atoms with Gasteiger partial charge in [0.2, 0.25) is 0 Å². The number of ether oxygens (including phenoxy) is 3. The third-order valence-corrected chi connectivity index (χ3v) is 17.0. The summed E-state index contributed by atoms with van der Waals surface area (Å²) in [7, 11) is -2.00. The van der Waals surface area contributed by atoms with Crippen molar-refractivity contribution in [1.82, 2.24) is 0 Å². The van der Waals surface area contributed by atoms with E-state index in [1.807, 2.05) is 42.5 Å². The minimum absolute atomic E-state index is 0.0995. The summed E-state index contributed by atoms with van der Waals surface area (Å²) in [6, 6.07) is 17.9. The standard InChI is InChI=1S/C45H70O7Si/c1-8-9-13-22-37(52-53(6,7)44(2,3)4)29-30-38-39(50-42-24-17-19-32-49-42)33-40(45(38,5)31-18-11-10-16-23-41(46)47)51-43(48)36-27-25-35(26-28-36)34-20-14-12-15-21-34/h12,14-15,20-21,25-28,37-40,42H,8-11,13,16-19,22-24,29-33H2,1-7H3,(H,46,47)/t37?,38-,39?,40-,42?,45+/m0/s1. The number of carbonyl (C=O) groups excluding carboxylic acids is 1. The van der Waals surface area contributed by atoms with Crippen molar-refractivity contribution in [3.8, 4) is 11.1 Å². The summed E-state index contributed by atoms with van der Waals surface area (Å²) in [6.45, 7) is 16.9. The van der Waals surface area contributed by atoms with E-state index >= 15 is 0 Å². The molecule has 3 unspecified atom stereocenters. The molecule has 1 N–H and O–H groups in total. The Kier molecular flexibility index (Phi) is 16.6. The Bertz CT molecular complexity index is 1380. The number of hydrogen-bond acceptors (Lipinski definition) is 6. The van der Waals surface area contributed by atoms with Crippen molar-refractivity contribution in [3.63, 3.8) is 0 Å². The fourth-order valence-corrected chi connectivity index (χ4v) is 9.54. The highest BCUT2D eigenvalue weighted by Gasteiger charge is 2.54. The highest BCUT2D eigenvalue weighted by atomic mass is 28.4. The highest BCUT2D eigenvalue weighted by molar-refractivity contribution is 6.74. The van der Waals surface area contributed by atoms with Crippen LogP contribution in [0.25, 0.3) is 11.1 Å². The van der Waals surface area contributed by atoms with E-state index in [2.05, 4.69) is 59.8 Å². The monoisotopic (exact) mass is 750 g/mol. The summed E-state index contributed by atoms with van der Waals surface area (Å²) in [5.74, 6) is -0.883. The molecule has 1 aliphatic carbocycles. The maximum Gasteiger partial charge on any atom is 0.338 e. The number of carbonyl (C=O) groups is 2. The van der Waals surface area contributed by atoms with Crippen molar-refractivity contribution in [1.29, 1.82) is 0 Å². The molecule has 1 heterocycles. The first-order valence-electron chi connectivity index (χ1n) is 20.8. The van der Waals surface area contributed by atoms with Crippen LogP contribution >= 0.6 is 0 Å². The number of aliphatic carboxylic acids is 1. The quantitative estimate of drug-likeness (QED) is 0.0771. The van der Waals surface area contributed by atoms with Crippen molar-refractivity contribution in [2.45, 2.75) is 180 Å². The van der Waals surface area contributed by atoms with Gasteiger partial charge in [-0.15, -0.1) is 0 Å². The molecular weight excluding hydrogens is 681 g/mol. The van der Waals surface area contributed by atoms with Crippen LogP contribution in [-0.4, -0.2) is 56.6 Å². The molecule has 2 aromatic rings. The van der Waals surface area contributed by atoms with Gasteiger partial charge < -0.3 is 23.7 Å². The van der Waals surface area contributed by atoms with E-state index in [-0.39, 0.29) is 53.4 Å². The van der Waals surface area contributed by atoms with E-state index in [1.165, 1.54) is 12.8 Å². The lowest BCUT2D eigenvalue weighted by atomic mass is 9.71. The Labute approximate surface area is 322 Å². The average Bonchev–Trinajstić information content (AvgIpc) is 3.37. The zero-order valence-corrected chi connectivity index (χ0v) is 35.0. The molecule has 0 aromatic heterocycles. The average molecular weight is 751 g/mol. The van der Waals surface area contributed by atoms with Crippen molar-refractivity contribution in [2.24, 2.45) is 11.3 Å². The Hall–Kier alpha value is -2.52. The summed E-state index contributed by atoms with van der Waals surface area (Å²) in [6.07, 6.45) is 14.2. The first kappa shape index (κ1) is 43.2. The van der Waals surface area contributed by atoms with Crippen LogP contribution in [0.5, 0.6) is 0 Å². The Morgan fingerprint density at radius 2 is 1.62 bits per heavy atom. The molecule has 1 saturated carbocycles. The predicted octanol–water partition coefficient (Wildman–Crippen LogP) is 12.0. The molecule has 0 spiro atoms. The smallest absolute Gasteiger partial charge is 0.338 e. The van der Waals surface area contributed by atoms with E-state index in [0.717, 1.165) is 81.8 Å². The minimum Gasteiger partial charge on any atom is -0.481 e. The third-order valence-electron chi connectivity index (χ3n) is 12.5. The fraction of sp³-hybridized carbons (Fsp3) is 0.689. The summed E-state index contributed by atoms with van der Waals surface area (Å²) in [4.78, 5) is 25.1. The second-order valence-electron chi connectivity index (χ2n) is 17.5. The number of benzene rings is 2. The van der Waals surface area contributed by atoms with Gasteiger partial charge in [-0.05, 0) is 98.7 Å². The highest BCUT2D eigenvalue weighted by Crippen LogP contribution is 2.53. The topological polar surface area (TPSA) is 91.3 Å². The zero-order chi connectivity index (χ0) is 38.5. The van der Waals surface area contributed by atoms with Crippen molar-refractivity contribution >= 4 is 20.3 Å². The first-order chi connectivity index (χ1) is 25.2. The lowest BCUT2D eigenvalue weighted by Crippen LogP contribution is -2.44. The van der Waals surface area contributed by atoms with E-state index in [4.69, 9.17) is 18.6 Å². The second-order valence-corrected chi connectivity index (χ2v) is 22.3. The molecule has 4 rings (SSSR count). The summed E-state index contributed by atoms with van der Waals surface area (Å²) in [5.41, 5.74) is 2.40. The van der Waals surface area contributed by atoms with E-state index in [0.29, 0.717) is 25.0 Å². The zero-order valence-electron chi connectivity index (χ0n) is 34.0. The molecule has 1 saturated heterocycles. The molecule has 0 amide bonds. The molecule has 296 valence electrons. The van der Waals surface area contributed by atoms with Gasteiger partial charge in [-0.25, -0.2) is 4.79 Å². The lowest BCUT2D eigenvalue weighted by molar-refractivity contribution is -0.198. The van der Waals surface area contributed by atoms with Gasteiger partial charge >= 0.3 is 11.9 Å². The predicted molar refractivity (Wildman–Crippen MR) is 217 cm³/mol. The molecular formula is C45H70O7Si. The van der Waals surface area contributed by atoms with Gasteiger partial charge in [0.15, 0.2) is 14.6 Å². The molecule has 2 aliphatic rings. The maximum atomic E-state index is 13.9. The van der Waals surface area contributed by atoms with Gasteiger partial charge in [0.25, 0.3) is 0 Å². The number of esters is 1. The molecule has 53 heavy (non-hydrogen) atoms. The fourth-order valence-electron chi connectivity index (χ4n) is 8.12. The molecule has 7 nitrogen and oxygen atoms in total. The van der Waals surface area contributed by atoms with Crippen LogP contribution in [0, 0.1) is 11.3 Å². The summed E-state index contributed by atoms with van der Waals surface area (Å²) < 4.78 is 26.7. The largest absolute Gasteiger partial charge is 0.481 e. The van der Waals surface area contributed by atoms with Gasteiger partial charge in [0, 0.05) is 31.0 Å². The Morgan fingerprint density at radius 1 is 0.925 bits per heavy atom.